The average Bonchev–Trinajstić information content (AvgIpc) is 3.07. The number of fused-ring (bicyclic) bond motifs is 3. The first-order chi connectivity index (χ1) is 19.4. The van der Waals surface area contributed by atoms with Crippen molar-refractivity contribution in [3.8, 4) is 11.5 Å². The molecule has 0 spiro atoms. The van der Waals surface area contributed by atoms with Crippen LogP contribution in [0.2, 0.25) is 0 Å². The number of amides is 2. The second-order valence-corrected chi connectivity index (χ2v) is 10.9. The number of hydrogen-bond donors (Lipinski definition) is 1. The lowest BCUT2D eigenvalue weighted by Gasteiger charge is -2.24. The maximum atomic E-state index is 14.7. The SMILES string of the molecule is C[C@H](NC(=O)c1ccc2c(c1)N(Cc1ccccc1F)C(=O)c1ccccc1[S@@]2=O)c1ccc2c(c1)OCCO2. The van der Waals surface area contributed by atoms with Crippen LogP contribution < -0.4 is 19.7 Å². The van der Waals surface area contributed by atoms with Crippen molar-refractivity contribution < 1.29 is 27.7 Å². The largest absolute Gasteiger partial charge is 0.486 e. The molecular weight excluding hydrogens is 531 g/mol. The fourth-order valence-corrected chi connectivity index (χ4v) is 6.20. The molecule has 2 atom stereocenters. The Kier molecular flexibility index (Phi) is 6.81. The smallest absolute Gasteiger partial charge is 0.259 e. The Labute approximate surface area is 233 Å². The number of nitrogens with zero attached hydrogens (tertiary/aromatic N) is 1. The molecule has 202 valence electrons. The van der Waals surface area contributed by atoms with Crippen LogP contribution in [0.3, 0.4) is 0 Å². The molecule has 0 saturated carbocycles. The Bertz CT molecular complexity index is 1670. The quantitative estimate of drug-likeness (QED) is 0.355. The van der Waals surface area contributed by atoms with E-state index in [-0.39, 0.29) is 29.6 Å². The molecule has 1 N–H and O–H groups in total. The van der Waals surface area contributed by atoms with E-state index in [1.54, 1.807) is 60.7 Å². The standard InChI is InChI=1S/C31H25FN2O5S/c1-19(20-10-12-26-27(17-20)39-15-14-38-26)33-30(35)21-11-13-29-25(16-21)34(18-22-6-2-4-8-24(22)32)31(36)23-7-3-5-9-28(23)40(29)37/h2-13,16-17,19H,14-15,18H2,1H3,(H,33,35)/t19-,40-/m0/s1. The summed E-state index contributed by atoms with van der Waals surface area (Å²) >= 11 is 0. The van der Waals surface area contributed by atoms with Crippen LogP contribution in [0.4, 0.5) is 10.1 Å². The molecule has 2 amide bonds. The number of nitrogens with one attached hydrogen (secondary N) is 1. The van der Waals surface area contributed by atoms with Gasteiger partial charge < -0.3 is 19.7 Å². The zero-order chi connectivity index (χ0) is 27.8. The van der Waals surface area contributed by atoms with Crippen LogP contribution in [0.25, 0.3) is 0 Å². The number of benzene rings is 4. The number of rotatable bonds is 5. The summed E-state index contributed by atoms with van der Waals surface area (Å²) in [5, 5.41) is 2.98. The van der Waals surface area contributed by atoms with Gasteiger partial charge in [0.05, 0.1) is 44.4 Å². The van der Waals surface area contributed by atoms with Gasteiger partial charge in [-0.25, -0.2) is 8.60 Å². The number of carbonyl (C=O) groups is 2. The van der Waals surface area contributed by atoms with E-state index in [2.05, 4.69) is 5.32 Å². The van der Waals surface area contributed by atoms with E-state index in [0.717, 1.165) is 5.56 Å². The minimum Gasteiger partial charge on any atom is -0.486 e. The van der Waals surface area contributed by atoms with Gasteiger partial charge >= 0.3 is 0 Å². The van der Waals surface area contributed by atoms with Gasteiger partial charge in [0, 0.05) is 11.1 Å². The first-order valence-corrected chi connectivity index (χ1v) is 14.0. The summed E-state index contributed by atoms with van der Waals surface area (Å²) in [6.07, 6.45) is 0. The van der Waals surface area contributed by atoms with E-state index in [1.165, 1.54) is 11.0 Å². The lowest BCUT2D eigenvalue weighted by molar-refractivity contribution is 0.0937. The molecule has 40 heavy (non-hydrogen) atoms. The van der Waals surface area contributed by atoms with Gasteiger partial charge in [-0.3, -0.25) is 9.59 Å². The summed E-state index contributed by atoms with van der Waals surface area (Å²) in [6.45, 7) is 2.71. The van der Waals surface area contributed by atoms with Crippen molar-refractivity contribution in [3.05, 3.63) is 113 Å². The summed E-state index contributed by atoms with van der Waals surface area (Å²) in [5.74, 6) is 0.0222. The van der Waals surface area contributed by atoms with Crippen LogP contribution in [0.1, 0.15) is 44.8 Å². The molecule has 2 heterocycles. The minimum absolute atomic E-state index is 0.0945. The molecule has 0 unspecified atom stereocenters. The number of ether oxygens (including phenoxy) is 2. The first-order valence-electron chi connectivity index (χ1n) is 12.8. The summed E-state index contributed by atoms with van der Waals surface area (Å²) in [6, 6.07) is 22.7. The van der Waals surface area contributed by atoms with Crippen LogP contribution in [0.15, 0.2) is 94.7 Å². The number of carbonyl (C=O) groups excluding carboxylic acids is 2. The summed E-state index contributed by atoms with van der Waals surface area (Å²) in [5.41, 5.74) is 1.97. The van der Waals surface area contributed by atoms with Crippen LogP contribution in [-0.4, -0.2) is 29.2 Å². The fourth-order valence-electron chi connectivity index (χ4n) is 4.85. The molecule has 0 saturated heterocycles. The van der Waals surface area contributed by atoms with E-state index in [4.69, 9.17) is 9.47 Å². The Morgan fingerprint density at radius 1 is 0.950 bits per heavy atom. The van der Waals surface area contributed by atoms with Gasteiger partial charge in [-0.15, -0.1) is 0 Å². The second kappa shape index (κ2) is 10.6. The Morgan fingerprint density at radius 2 is 1.70 bits per heavy atom. The highest BCUT2D eigenvalue weighted by Gasteiger charge is 2.32. The Balaban J connectivity index is 1.35. The zero-order valence-electron chi connectivity index (χ0n) is 21.6. The van der Waals surface area contributed by atoms with Crippen molar-refractivity contribution in [1.82, 2.24) is 5.32 Å². The molecule has 4 aromatic carbocycles. The molecule has 4 aromatic rings. The molecule has 6 rings (SSSR count). The van der Waals surface area contributed by atoms with Crippen LogP contribution in [0, 0.1) is 5.82 Å². The van der Waals surface area contributed by atoms with E-state index < -0.39 is 22.5 Å². The maximum absolute atomic E-state index is 14.7. The van der Waals surface area contributed by atoms with Gasteiger partial charge in [0.1, 0.15) is 19.0 Å². The van der Waals surface area contributed by atoms with Crippen molar-refractivity contribution in [2.75, 3.05) is 18.1 Å². The molecule has 7 nitrogen and oxygen atoms in total. The van der Waals surface area contributed by atoms with Crippen molar-refractivity contribution in [2.45, 2.75) is 29.3 Å². The lowest BCUT2D eigenvalue weighted by atomic mass is 10.1. The molecule has 2 aliphatic rings. The molecule has 0 aromatic heterocycles. The van der Waals surface area contributed by atoms with E-state index in [1.807, 2.05) is 25.1 Å². The lowest BCUT2D eigenvalue weighted by Crippen LogP contribution is -2.31. The third-order valence-electron chi connectivity index (χ3n) is 6.97. The van der Waals surface area contributed by atoms with Crippen LogP contribution >= 0.6 is 0 Å². The van der Waals surface area contributed by atoms with Crippen molar-refractivity contribution >= 4 is 28.3 Å². The van der Waals surface area contributed by atoms with Gasteiger partial charge in [-0.05, 0) is 61.0 Å². The second-order valence-electron chi connectivity index (χ2n) is 9.53. The van der Waals surface area contributed by atoms with Gasteiger partial charge in [0.15, 0.2) is 11.5 Å². The van der Waals surface area contributed by atoms with Crippen molar-refractivity contribution in [1.29, 1.82) is 0 Å². The van der Waals surface area contributed by atoms with E-state index in [9.17, 15) is 18.2 Å². The average molecular weight is 557 g/mol. The highest BCUT2D eigenvalue weighted by molar-refractivity contribution is 7.85. The molecule has 0 bridgehead atoms. The molecular formula is C31H25FN2O5S. The first kappa shape index (κ1) is 25.8. The topological polar surface area (TPSA) is 84.9 Å². The van der Waals surface area contributed by atoms with Gasteiger partial charge in [-0.1, -0.05) is 36.4 Å². The Hall–Kier alpha value is -4.50. The molecule has 0 radical (unpaired) electrons. The maximum Gasteiger partial charge on any atom is 0.259 e. The Morgan fingerprint density at radius 3 is 2.52 bits per heavy atom. The minimum atomic E-state index is -1.69. The monoisotopic (exact) mass is 556 g/mol. The highest BCUT2D eigenvalue weighted by Crippen LogP contribution is 2.37. The van der Waals surface area contributed by atoms with E-state index >= 15 is 0 Å². The number of anilines is 1. The van der Waals surface area contributed by atoms with E-state index in [0.29, 0.717) is 45.8 Å². The summed E-state index contributed by atoms with van der Waals surface area (Å²) < 4.78 is 39.5. The predicted octanol–water partition coefficient (Wildman–Crippen LogP) is 5.42. The summed E-state index contributed by atoms with van der Waals surface area (Å²) in [4.78, 5) is 29.3. The normalized spacial score (nSPS) is 16.4. The fraction of sp³-hybridized carbons (Fsp3) is 0.161. The van der Waals surface area contributed by atoms with Crippen molar-refractivity contribution in [3.63, 3.8) is 0 Å². The molecule has 0 fully saturated rings. The highest BCUT2D eigenvalue weighted by atomic mass is 32.2. The van der Waals surface area contributed by atoms with Crippen LogP contribution in [-0.2, 0) is 17.3 Å². The molecule has 0 aliphatic carbocycles. The number of halogens is 1. The van der Waals surface area contributed by atoms with Gasteiger partial charge in [0.2, 0.25) is 0 Å². The van der Waals surface area contributed by atoms with Gasteiger partial charge in [-0.2, -0.15) is 0 Å². The molecule has 9 heteroatoms. The van der Waals surface area contributed by atoms with Gasteiger partial charge in [0.25, 0.3) is 11.8 Å². The molecule has 2 aliphatic heterocycles. The predicted molar refractivity (Wildman–Crippen MR) is 148 cm³/mol. The van der Waals surface area contributed by atoms with Crippen LogP contribution in [0.5, 0.6) is 11.5 Å². The zero-order valence-corrected chi connectivity index (χ0v) is 22.4. The van der Waals surface area contributed by atoms with Crippen molar-refractivity contribution in [2.24, 2.45) is 0 Å². The summed E-state index contributed by atoms with van der Waals surface area (Å²) in [7, 11) is -1.69. The third-order valence-corrected chi connectivity index (χ3v) is 8.47. The number of hydrogen-bond acceptors (Lipinski definition) is 5. The third kappa shape index (κ3) is 4.73.